The van der Waals surface area contributed by atoms with Crippen molar-refractivity contribution in [1.29, 1.82) is 0 Å². The number of halogens is 1. The lowest BCUT2D eigenvalue weighted by atomic mass is 10.1. The van der Waals surface area contributed by atoms with E-state index in [9.17, 15) is 8.42 Å². The monoisotopic (exact) mass is 531 g/mol. The first-order valence-corrected chi connectivity index (χ1v) is 11.1. The molecule has 0 saturated carbocycles. The number of rotatable bonds is 8. The molecule has 2 aromatic rings. The van der Waals surface area contributed by atoms with Crippen molar-refractivity contribution in [3.8, 4) is 5.75 Å². The Balaban J connectivity index is 0.00000420. The molecule has 2 aromatic carbocycles. The second-order valence-electron chi connectivity index (χ2n) is 6.66. The predicted octanol–water partition coefficient (Wildman–Crippen LogP) is 3.11. The van der Waals surface area contributed by atoms with Gasteiger partial charge >= 0.3 is 0 Å². The van der Waals surface area contributed by atoms with Gasteiger partial charge in [-0.15, -0.1) is 24.0 Å². The van der Waals surface area contributed by atoms with Crippen LogP contribution in [0.25, 0.3) is 0 Å². The molecule has 0 aliphatic heterocycles. The van der Waals surface area contributed by atoms with Crippen LogP contribution in [0.1, 0.15) is 16.7 Å². The molecule has 160 valence electrons. The first kappa shape index (κ1) is 25.2. The van der Waals surface area contributed by atoms with Gasteiger partial charge in [0.05, 0.1) is 11.4 Å². The van der Waals surface area contributed by atoms with Crippen molar-refractivity contribution in [2.45, 2.75) is 25.2 Å². The van der Waals surface area contributed by atoms with Crippen LogP contribution in [0.2, 0.25) is 0 Å². The summed E-state index contributed by atoms with van der Waals surface area (Å²) in [4.78, 5) is 4.54. The molecule has 2 rings (SSSR count). The standard InChI is InChI=1S/C21H29N3O3S.HI/c1-16-6-5-7-17(2)20(16)27-15-14-24-21(22-3)23-13-12-18-8-10-19(11-9-18)28(4,25)26;/h5-11H,12-15H2,1-4H3,(H2,22,23,24);1H. The van der Waals surface area contributed by atoms with Crippen LogP contribution in [0.3, 0.4) is 0 Å². The summed E-state index contributed by atoms with van der Waals surface area (Å²) in [5.74, 6) is 1.64. The average Bonchev–Trinajstić information content (AvgIpc) is 2.65. The molecule has 29 heavy (non-hydrogen) atoms. The Bertz CT molecular complexity index is 893. The van der Waals surface area contributed by atoms with Crippen LogP contribution in [0, 0.1) is 13.8 Å². The minimum atomic E-state index is -3.15. The molecule has 0 aliphatic carbocycles. The van der Waals surface area contributed by atoms with Crippen molar-refractivity contribution in [1.82, 2.24) is 10.6 Å². The van der Waals surface area contributed by atoms with Crippen LogP contribution in [-0.4, -0.2) is 47.4 Å². The topological polar surface area (TPSA) is 79.8 Å². The zero-order chi connectivity index (χ0) is 20.6. The van der Waals surface area contributed by atoms with Crippen molar-refractivity contribution in [3.05, 3.63) is 59.2 Å². The van der Waals surface area contributed by atoms with Crippen molar-refractivity contribution in [2.75, 3.05) is 33.0 Å². The Labute approximate surface area is 191 Å². The largest absolute Gasteiger partial charge is 0.491 e. The Kier molecular flexibility index (Phi) is 10.5. The summed E-state index contributed by atoms with van der Waals surface area (Å²) >= 11 is 0. The van der Waals surface area contributed by atoms with Crippen LogP contribution in [0.5, 0.6) is 5.75 Å². The highest BCUT2D eigenvalue weighted by Crippen LogP contribution is 2.21. The molecule has 0 aromatic heterocycles. The Hall–Kier alpha value is -1.81. The van der Waals surface area contributed by atoms with Crippen LogP contribution in [0.15, 0.2) is 52.4 Å². The molecule has 0 fully saturated rings. The van der Waals surface area contributed by atoms with Gasteiger partial charge in [0.25, 0.3) is 0 Å². The number of nitrogens with one attached hydrogen (secondary N) is 2. The molecule has 0 heterocycles. The molecule has 0 saturated heterocycles. The van der Waals surface area contributed by atoms with E-state index in [1.807, 2.05) is 44.2 Å². The molecular formula is C21H30IN3O3S. The highest BCUT2D eigenvalue weighted by atomic mass is 127. The fourth-order valence-electron chi connectivity index (χ4n) is 2.80. The van der Waals surface area contributed by atoms with Gasteiger partial charge in [0.1, 0.15) is 12.4 Å². The zero-order valence-electron chi connectivity index (χ0n) is 17.4. The summed E-state index contributed by atoms with van der Waals surface area (Å²) in [5.41, 5.74) is 3.32. The molecule has 0 spiro atoms. The summed E-state index contributed by atoms with van der Waals surface area (Å²) in [6, 6.07) is 13.1. The number of para-hydroxylation sites is 1. The minimum Gasteiger partial charge on any atom is -0.491 e. The van der Waals surface area contributed by atoms with Crippen LogP contribution >= 0.6 is 24.0 Å². The molecule has 0 aliphatic rings. The van der Waals surface area contributed by atoms with E-state index in [2.05, 4.69) is 15.6 Å². The number of nitrogens with zero attached hydrogens (tertiary/aromatic N) is 1. The zero-order valence-corrected chi connectivity index (χ0v) is 20.5. The SMILES string of the molecule is CN=C(NCCOc1c(C)cccc1C)NCCc1ccc(S(C)(=O)=O)cc1.I. The van der Waals surface area contributed by atoms with Gasteiger partial charge in [-0.05, 0) is 49.1 Å². The fraction of sp³-hybridized carbons (Fsp3) is 0.381. The van der Waals surface area contributed by atoms with Gasteiger partial charge in [-0.3, -0.25) is 4.99 Å². The predicted molar refractivity (Wildman–Crippen MR) is 129 cm³/mol. The molecule has 0 radical (unpaired) electrons. The maximum atomic E-state index is 11.5. The van der Waals surface area contributed by atoms with Gasteiger partial charge in [0, 0.05) is 19.8 Å². The number of aliphatic imine (C=N–C) groups is 1. The van der Waals surface area contributed by atoms with Crippen molar-refractivity contribution in [3.63, 3.8) is 0 Å². The first-order valence-electron chi connectivity index (χ1n) is 9.24. The molecule has 2 N–H and O–H groups in total. The van der Waals surface area contributed by atoms with Crippen molar-refractivity contribution in [2.24, 2.45) is 4.99 Å². The van der Waals surface area contributed by atoms with Crippen LogP contribution in [-0.2, 0) is 16.3 Å². The van der Waals surface area contributed by atoms with E-state index in [1.54, 1.807) is 19.2 Å². The summed E-state index contributed by atoms with van der Waals surface area (Å²) in [6.45, 7) is 5.95. The normalized spacial score (nSPS) is 11.5. The van der Waals surface area contributed by atoms with Crippen molar-refractivity contribution >= 4 is 39.8 Å². The number of sulfone groups is 1. The van der Waals surface area contributed by atoms with E-state index in [0.29, 0.717) is 30.6 Å². The smallest absolute Gasteiger partial charge is 0.191 e. The molecule has 8 heteroatoms. The number of guanidine groups is 1. The maximum Gasteiger partial charge on any atom is 0.191 e. The molecule has 6 nitrogen and oxygen atoms in total. The van der Waals surface area contributed by atoms with Gasteiger partial charge in [0.15, 0.2) is 15.8 Å². The van der Waals surface area contributed by atoms with Crippen LogP contribution < -0.4 is 15.4 Å². The first-order chi connectivity index (χ1) is 13.3. The van der Waals surface area contributed by atoms with Gasteiger partial charge in [-0.1, -0.05) is 30.3 Å². The number of ether oxygens (including phenoxy) is 1. The third kappa shape index (κ3) is 8.22. The van der Waals surface area contributed by atoms with Gasteiger partial charge in [-0.25, -0.2) is 8.42 Å². The number of aryl methyl sites for hydroxylation is 2. The molecule has 0 unspecified atom stereocenters. The third-order valence-electron chi connectivity index (χ3n) is 4.33. The summed E-state index contributed by atoms with van der Waals surface area (Å²) in [5, 5.41) is 6.48. The lowest BCUT2D eigenvalue weighted by molar-refractivity contribution is 0.317. The second-order valence-corrected chi connectivity index (χ2v) is 8.68. The summed E-state index contributed by atoms with van der Waals surface area (Å²) in [6.07, 6.45) is 1.98. The maximum absolute atomic E-state index is 11.5. The van der Waals surface area contributed by atoms with Gasteiger partial charge < -0.3 is 15.4 Å². The average molecular weight is 531 g/mol. The van der Waals surface area contributed by atoms with E-state index < -0.39 is 9.84 Å². The van der Waals surface area contributed by atoms with Gasteiger partial charge in [-0.2, -0.15) is 0 Å². The van der Waals surface area contributed by atoms with Gasteiger partial charge in [0.2, 0.25) is 0 Å². The Morgan fingerprint density at radius 3 is 2.14 bits per heavy atom. The highest BCUT2D eigenvalue weighted by Gasteiger charge is 2.06. The summed E-state index contributed by atoms with van der Waals surface area (Å²) in [7, 11) is -1.43. The highest BCUT2D eigenvalue weighted by molar-refractivity contribution is 14.0. The quantitative estimate of drug-likeness (QED) is 0.237. The number of hydrogen-bond donors (Lipinski definition) is 2. The number of benzene rings is 2. The molecule has 0 bridgehead atoms. The van der Waals surface area contributed by atoms with E-state index in [-0.39, 0.29) is 24.0 Å². The van der Waals surface area contributed by atoms with Crippen molar-refractivity contribution < 1.29 is 13.2 Å². The van der Waals surface area contributed by atoms with E-state index in [4.69, 9.17) is 4.74 Å². The summed E-state index contributed by atoms with van der Waals surface area (Å²) < 4.78 is 28.9. The molecular weight excluding hydrogens is 501 g/mol. The van der Waals surface area contributed by atoms with E-state index >= 15 is 0 Å². The Morgan fingerprint density at radius 2 is 1.59 bits per heavy atom. The lowest BCUT2D eigenvalue weighted by Gasteiger charge is -2.14. The fourth-order valence-corrected chi connectivity index (χ4v) is 3.43. The molecule has 0 amide bonds. The second kappa shape index (κ2) is 12.0. The van der Waals surface area contributed by atoms with E-state index in [1.165, 1.54) is 6.26 Å². The lowest BCUT2D eigenvalue weighted by Crippen LogP contribution is -2.40. The third-order valence-corrected chi connectivity index (χ3v) is 5.46. The Morgan fingerprint density at radius 1 is 1.00 bits per heavy atom. The minimum absolute atomic E-state index is 0. The molecule has 0 atom stereocenters. The number of hydrogen-bond acceptors (Lipinski definition) is 4. The van der Waals surface area contributed by atoms with Crippen LogP contribution in [0.4, 0.5) is 0 Å². The van der Waals surface area contributed by atoms with E-state index in [0.717, 1.165) is 28.9 Å².